The Bertz CT molecular complexity index is 504. The van der Waals surface area contributed by atoms with Crippen molar-refractivity contribution in [2.24, 2.45) is 5.92 Å². The molecule has 18 heavy (non-hydrogen) atoms. The molecule has 1 aliphatic carbocycles. The number of rotatable bonds is 3. The number of anilines is 1. The van der Waals surface area contributed by atoms with Gasteiger partial charge in [0.2, 0.25) is 0 Å². The first-order valence-corrected chi connectivity index (χ1v) is 6.70. The summed E-state index contributed by atoms with van der Waals surface area (Å²) in [5.41, 5.74) is 2.31. The maximum Gasteiger partial charge on any atom is 0.0876 e. The van der Waals surface area contributed by atoms with E-state index in [-0.39, 0.29) is 0 Å². The van der Waals surface area contributed by atoms with E-state index >= 15 is 0 Å². The number of aromatic nitrogens is 2. The summed E-state index contributed by atoms with van der Waals surface area (Å²) in [5, 5.41) is 8.00. The number of nitrogens with zero attached hydrogens (tertiary/aromatic N) is 2. The Balaban J connectivity index is 1.88. The predicted molar refractivity (Wildman–Crippen MR) is 74.0 cm³/mol. The average molecular weight is 241 g/mol. The molecule has 1 aliphatic rings. The molecule has 0 amide bonds. The zero-order valence-corrected chi connectivity index (χ0v) is 10.7. The first-order valence-electron chi connectivity index (χ1n) is 6.70. The normalized spacial score (nSPS) is 23.2. The lowest BCUT2D eigenvalue weighted by atomic mass is 10.1. The zero-order valence-electron chi connectivity index (χ0n) is 10.7. The van der Waals surface area contributed by atoms with E-state index in [0.717, 1.165) is 11.6 Å². The summed E-state index contributed by atoms with van der Waals surface area (Å²) >= 11 is 0. The lowest BCUT2D eigenvalue weighted by Gasteiger charge is -2.20. The Morgan fingerprint density at radius 2 is 2.11 bits per heavy atom. The minimum absolute atomic E-state index is 0.599. The van der Waals surface area contributed by atoms with E-state index in [1.165, 1.54) is 24.9 Å². The standard InChI is InChI=1S/C15H19N3/c1-12-6-4-8-13(12)17-14-7-2-3-9-15(14)18-11-5-10-16-18/h2-3,5,7,9-13,17H,4,6,8H2,1H3. The Labute approximate surface area is 108 Å². The summed E-state index contributed by atoms with van der Waals surface area (Å²) < 4.78 is 1.92. The van der Waals surface area contributed by atoms with Crippen LogP contribution in [0.5, 0.6) is 0 Å². The van der Waals surface area contributed by atoms with Crippen LogP contribution in [-0.2, 0) is 0 Å². The van der Waals surface area contributed by atoms with Crippen molar-refractivity contribution in [3.05, 3.63) is 42.7 Å². The summed E-state index contributed by atoms with van der Waals surface area (Å²) in [7, 11) is 0. The molecule has 2 unspecified atom stereocenters. The molecule has 0 bridgehead atoms. The number of benzene rings is 1. The van der Waals surface area contributed by atoms with Crippen molar-refractivity contribution < 1.29 is 0 Å². The van der Waals surface area contributed by atoms with Crippen molar-refractivity contribution in [1.29, 1.82) is 0 Å². The van der Waals surface area contributed by atoms with E-state index in [9.17, 15) is 0 Å². The molecule has 1 N–H and O–H groups in total. The first-order chi connectivity index (χ1) is 8.84. The number of hydrogen-bond donors (Lipinski definition) is 1. The smallest absolute Gasteiger partial charge is 0.0876 e. The van der Waals surface area contributed by atoms with Crippen LogP contribution in [0.4, 0.5) is 5.69 Å². The van der Waals surface area contributed by atoms with Gasteiger partial charge in [0.15, 0.2) is 0 Å². The third-order valence-electron chi connectivity index (χ3n) is 3.86. The molecule has 0 saturated heterocycles. The third kappa shape index (κ3) is 2.13. The third-order valence-corrected chi connectivity index (χ3v) is 3.86. The molecule has 94 valence electrons. The zero-order chi connectivity index (χ0) is 12.4. The Hall–Kier alpha value is -1.77. The maximum atomic E-state index is 4.32. The van der Waals surface area contributed by atoms with Gasteiger partial charge in [0.1, 0.15) is 0 Å². The van der Waals surface area contributed by atoms with E-state index in [0.29, 0.717) is 6.04 Å². The predicted octanol–water partition coefficient (Wildman–Crippen LogP) is 3.47. The Kier molecular flexibility index (Phi) is 3.05. The minimum Gasteiger partial charge on any atom is -0.380 e. The Morgan fingerprint density at radius 1 is 1.22 bits per heavy atom. The van der Waals surface area contributed by atoms with Gasteiger partial charge in [0.25, 0.3) is 0 Å². The lowest BCUT2D eigenvalue weighted by Crippen LogP contribution is -2.22. The second-order valence-corrected chi connectivity index (χ2v) is 5.13. The molecule has 1 aromatic carbocycles. The molecule has 1 fully saturated rings. The molecule has 1 heterocycles. The summed E-state index contributed by atoms with van der Waals surface area (Å²) in [6.07, 6.45) is 7.74. The van der Waals surface area contributed by atoms with Gasteiger partial charge in [0, 0.05) is 18.4 Å². The highest BCUT2D eigenvalue weighted by Gasteiger charge is 2.23. The van der Waals surface area contributed by atoms with Crippen molar-refractivity contribution in [2.75, 3.05) is 5.32 Å². The molecular weight excluding hydrogens is 222 g/mol. The monoisotopic (exact) mass is 241 g/mol. The van der Waals surface area contributed by atoms with Gasteiger partial charge < -0.3 is 5.32 Å². The van der Waals surface area contributed by atoms with Crippen molar-refractivity contribution >= 4 is 5.69 Å². The van der Waals surface area contributed by atoms with E-state index in [4.69, 9.17) is 0 Å². The molecule has 1 aromatic heterocycles. The molecule has 0 aliphatic heterocycles. The SMILES string of the molecule is CC1CCCC1Nc1ccccc1-n1cccn1. The number of nitrogens with one attached hydrogen (secondary N) is 1. The largest absolute Gasteiger partial charge is 0.380 e. The van der Waals surface area contributed by atoms with Crippen LogP contribution < -0.4 is 5.32 Å². The van der Waals surface area contributed by atoms with Crippen LogP contribution in [0, 0.1) is 5.92 Å². The van der Waals surface area contributed by atoms with Crippen LogP contribution in [0.2, 0.25) is 0 Å². The van der Waals surface area contributed by atoms with Crippen molar-refractivity contribution in [2.45, 2.75) is 32.2 Å². The summed E-state index contributed by atoms with van der Waals surface area (Å²) in [5.74, 6) is 0.760. The van der Waals surface area contributed by atoms with Crippen molar-refractivity contribution in [1.82, 2.24) is 9.78 Å². The molecule has 2 atom stereocenters. The highest BCUT2D eigenvalue weighted by molar-refractivity contribution is 5.61. The quantitative estimate of drug-likeness (QED) is 0.891. The van der Waals surface area contributed by atoms with Gasteiger partial charge in [-0.1, -0.05) is 25.5 Å². The molecule has 2 aromatic rings. The average Bonchev–Trinajstić information content (AvgIpc) is 3.03. The second kappa shape index (κ2) is 4.84. The van der Waals surface area contributed by atoms with E-state index in [1.54, 1.807) is 0 Å². The maximum absolute atomic E-state index is 4.32. The molecule has 3 heteroatoms. The second-order valence-electron chi connectivity index (χ2n) is 5.13. The van der Waals surface area contributed by atoms with Crippen LogP contribution in [0.3, 0.4) is 0 Å². The summed E-state index contributed by atoms with van der Waals surface area (Å²) in [6.45, 7) is 2.33. The first kappa shape index (κ1) is 11.3. The van der Waals surface area contributed by atoms with Crippen LogP contribution in [0.15, 0.2) is 42.7 Å². The van der Waals surface area contributed by atoms with Gasteiger partial charge in [-0.25, -0.2) is 4.68 Å². The highest BCUT2D eigenvalue weighted by atomic mass is 15.3. The van der Waals surface area contributed by atoms with Crippen LogP contribution >= 0.6 is 0 Å². The topological polar surface area (TPSA) is 29.9 Å². The fraction of sp³-hybridized carbons (Fsp3) is 0.400. The fourth-order valence-electron chi connectivity index (χ4n) is 2.77. The van der Waals surface area contributed by atoms with Gasteiger partial charge in [-0.05, 0) is 37.0 Å². The van der Waals surface area contributed by atoms with Crippen LogP contribution in [-0.4, -0.2) is 15.8 Å². The van der Waals surface area contributed by atoms with Crippen molar-refractivity contribution in [3.8, 4) is 5.69 Å². The minimum atomic E-state index is 0.599. The van der Waals surface area contributed by atoms with E-state index in [2.05, 4.69) is 41.6 Å². The number of para-hydroxylation sites is 2. The molecule has 3 rings (SSSR count). The van der Waals surface area contributed by atoms with Crippen molar-refractivity contribution in [3.63, 3.8) is 0 Å². The molecule has 1 saturated carbocycles. The van der Waals surface area contributed by atoms with Gasteiger partial charge in [-0.3, -0.25) is 0 Å². The van der Waals surface area contributed by atoms with Crippen LogP contribution in [0.25, 0.3) is 5.69 Å². The highest BCUT2D eigenvalue weighted by Crippen LogP contribution is 2.29. The van der Waals surface area contributed by atoms with Gasteiger partial charge in [-0.15, -0.1) is 0 Å². The van der Waals surface area contributed by atoms with Crippen LogP contribution in [0.1, 0.15) is 26.2 Å². The number of hydrogen-bond acceptors (Lipinski definition) is 2. The molecular formula is C15H19N3. The van der Waals surface area contributed by atoms with E-state index in [1.807, 2.05) is 23.1 Å². The summed E-state index contributed by atoms with van der Waals surface area (Å²) in [6, 6.07) is 10.9. The fourth-order valence-corrected chi connectivity index (χ4v) is 2.77. The molecule has 0 radical (unpaired) electrons. The Morgan fingerprint density at radius 3 is 2.83 bits per heavy atom. The van der Waals surface area contributed by atoms with Gasteiger partial charge in [-0.2, -0.15) is 5.10 Å². The molecule has 3 nitrogen and oxygen atoms in total. The van der Waals surface area contributed by atoms with E-state index < -0.39 is 0 Å². The molecule has 0 spiro atoms. The lowest BCUT2D eigenvalue weighted by molar-refractivity contribution is 0.556. The van der Waals surface area contributed by atoms with Gasteiger partial charge >= 0.3 is 0 Å². The summed E-state index contributed by atoms with van der Waals surface area (Å²) in [4.78, 5) is 0. The van der Waals surface area contributed by atoms with Gasteiger partial charge in [0.05, 0.1) is 11.4 Å².